The van der Waals surface area contributed by atoms with E-state index in [4.69, 9.17) is 4.74 Å². The molecule has 0 radical (unpaired) electrons. The van der Waals surface area contributed by atoms with Crippen LogP contribution in [0, 0.1) is 0 Å². The maximum Gasteiger partial charge on any atom is 0.0477 e. The van der Waals surface area contributed by atoms with Crippen LogP contribution in [-0.2, 0) is 4.74 Å². The van der Waals surface area contributed by atoms with Crippen molar-refractivity contribution in [2.45, 2.75) is 37.8 Å². The molecule has 1 N–H and O–H groups in total. The van der Waals surface area contributed by atoms with Gasteiger partial charge in [-0.15, -0.1) is 0 Å². The Hall–Kier alpha value is -1.88. The Labute approximate surface area is 175 Å². The summed E-state index contributed by atoms with van der Waals surface area (Å²) in [6, 6.07) is 16.4. The Morgan fingerprint density at radius 2 is 1.97 bits per heavy atom. The third-order valence-corrected chi connectivity index (χ3v) is 6.66. The van der Waals surface area contributed by atoms with Crippen LogP contribution >= 0.6 is 0 Å². The zero-order chi connectivity index (χ0) is 20.1. The fraction of sp³-hybridized carbons (Fsp3) is 0.520. The third-order valence-electron chi connectivity index (χ3n) is 6.66. The molecule has 2 fully saturated rings. The summed E-state index contributed by atoms with van der Waals surface area (Å²) in [6.45, 7) is 10.9. The van der Waals surface area contributed by atoms with Gasteiger partial charge in [0, 0.05) is 63.2 Å². The average Bonchev–Trinajstić information content (AvgIpc) is 3.19. The van der Waals surface area contributed by atoms with E-state index in [1.54, 1.807) is 0 Å². The van der Waals surface area contributed by atoms with Gasteiger partial charge < -0.3 is 15.0 Å². The number of methoxy groups -OCH3 is 1. The minimum atomic E-state index is 0.586. The Bertz CT molecular complexity index is 809. The van der Waals surface area contributed by atoms with E-state index in [1.165, 1.54) is 42.1 Å². The van der Waals surface area contributed by atoms with Crippen LogP contribution in [-0.4, -0.2) is 68.3 Å². The summed E-state index contributed by atoms with van der Waals surface area (Å²) >= 11 is 0. The third kappa shape index (κ3) is 4.82. The SMILES string of the molecule is C=C(c1cccc2ccccc12)N1CCC(CCOC)N(C[C@@H]2CCCN2)CC1. The van der Waals surface area contributed by atoms with E-state index in [9.17, 15) is 0 Å². The number of rotatable bonds is 7. The van der Waals surface area contributed by atoms with Crippen LogP contribution in [0.5, 0.6) is 0 Å². The lowest BCUT2D eigenvalue weighted by atomic mass is 10.0. The first-order valence-corrected chi connectivity index (χ1v) is 11.1. The highest BCUT2D eigenvalue weighted by Gasteiger charge is 2.28. The van der Waals surface area contributed by atoms with Gasteiger partial charge >= 0.3 is 0 Å². The van der Waals surface area contributed by atoms with E-state index >= 15 is 0 Å². The van der Waals surface area contributed by atoms with E-state index in [0.29, 0.717) is 12.1 Å². The van der Waals surface area contributed by atoms with E-state index in [0.717, 1.165) is 44.9 Å². The van der Waals surface area contributed by atoms with Gasteiger partial charge in [0.25, 0.3) is 0 Å². The van der Waals surface area contributed by atoms with Crippen molar-refractivity contribution < 1.29 is 4.74 Å². The molecular formula is C25H35N3O. The van der Waals surface area contributed by atoms with Crippen LogP contribution in [0.3, 0.4) is 0 Å². The molecule has 2 aromatic rings. The average molecular weight is 394 g/mol. The lowest BCUT2D eigenvalue weighted by Gasteiger charge is -2.31. The van der Waals surface area contributed by atoms with Gasteiger partial charge in [-0.25, -0.2) is 0 Å². The van der Waals surface area contributed by atoms with Gasteiger partial charge in [-0.3, -0.25) is 4.90 Å². The standard InChI is InChI=1S/C25H35N3O/c1-20(24-11-5-8-21-7-3-4-10-25(21)24)27-15-12-23(13-18-29-2)28(17-16-27)19-22-9-6-14-26-22/h3-5,7-8,10-11,22-23,26H,1,6,9,12-19H2,2H3/t22-,23?/m0/s1. The second-order valence-corrected chi connectivity index (χ2v) is 8.47. The molecule has 29 heavy (non-hydrogen) atoms. The molecule has 1 unspecified atom stereocenters. The van der Waals surface area contributed by atoms with Gasteiger partial charge in [0.15, 0.2) is 0 Å². The minimum absolute atomic E-state index is 0.586. The Morgan fingerprint density at radius 3 is 2.79 bits per heavy atom. The molecule has 0 saturated carbocycles. The van der Waals surface area contributed by atoms with E-state index in [2.05, 4.69) is 64.2 Å². The molecule has 4 nitrogen and oxygen atoms in total. The van der Waals surface area contributed by atoms with Gasteiger partial charge in [0.05, 0.1) is 0 Å². The van der Waals surface area contributed by atoms with Crippen LogP contribution < -0.4 is 5.32 Å². The number of hydrogen-bond acceptors (Lipinski definition) is 4. The van der Waals surface area contributed by atoms with E-state index in [-0.39, 0.29) is 0 Å². The van der Waals surface area contributed by atoms with Crippen LogP contribution in [0.4, 0.5) is 0 Å². The molecule has 2 atom stereocenters. The van der Waals surface area contributed by atoms with E-state index < -0.39 is 0 Å². The Morgan fingerprint density at radius 1 is 1.10 bits per heavy atom. The molecule has 4 rings (SSSR count). The highest BCUT2D eigenvalue weighted by molar-refractivity contribution is 5.93. The predicted octanol–water partition coefficient (Wildman–Crippen LogP) is 3.98. The molecule has 2 aliphatic rings. The van der Waals surface area contributed by atoms with Crippen LogP contribution in [0.25, 0.3) is 16.5 Å². The highest BCUT2D eigenvalue weighted by atomic mass is 16.5. The summed E-state index contributed by atoms with van der Waals surface area (Å²) in [5.74, 6) is 0. The summed E-state index contributed by atoms with van der Waals surface area (Å²) < 4.78 is 5.42. The topological polar surface area (TPSA) is 27.7 Å². The van der Waals surface area contributed by atoms with Crippen molar-refractivity contribution in [2.24, 2.45) is 0 Å². The van der Waals surface area contributed by atoms with Gasteiger partial charge in [-0.05, 0) is 43.0 Å². The summed E-state index contributed by atoms with van der Waals surface area (Å²) in [4.78, 5) is 5.21. The molecule has 156 valence electrons. The first kappa shape index (κ1) is 20.4. The summed E-state index contributed by atoms with van der Waals surface area (Å²) in [5, 5.41) is 6.26. The number of nitrogens with zero attached hydrogens (tertiary/aromatic N) is 2. The summed E-state index contributed by atoms with van der Waals surface area (Å²) in [7, 11) is 1.81. The number of nitrogens with one attached hydrogen (secondary N) is 1. The zero-order valence-corrected chi connectivity index (χ0v) is 17.8. The van der Waals surface area contributed by atoms with Crippen molar-refractivity contribution in [1.82, 2.24) is 15.1 Å². The second-order valence-electron chi connectivity index (χ2n) is 8.47. The Balaban J connectivity index is 1.49. The quantitative estimate of drug-likeness (QED) is 0.770. The molecule has 0 bridgehead atoms. The summed E-state index contributed by atoms with van der Waals surface area (Å²) in [5.41, 5.74) is 2.43. The molecule has 0 spiro atoms. The van der Waals surface area contributed by atoms with Crippen molar-refractivity contribution in [2.75, 3.05) is 46.4 Å². The molecule has 2 saturated heterocycles. The predicted molar refractivity (Wildman–Crippen MR) is 122 cm³/mol. The maximum atomic E-state index is 5.42. The maximum absolute atomic E-state index is 5.42. The van der Waals surface area contributed by atoms with Crippen LogP contribution in [0.2, 0.25) is 0 Å². The normalized spacial score (nSPS) is 23.4. The minimum Gasteiger partial charge on any atom is -0.385 e. The monoisotopic (exact) mass is 393 g/mol. The zero-order valence-electron chi connectivity index (χ0n) is 17.8. The van der Waals surface area contributed by atoms with Crippen LogP contribution in [0.1, 0.15) is 31.2 Å². The van der Waals surface area contributed by atoms with Gasteiger partial charge in [0.1, 0.15) is 0 Å². The van der Waals surface area contributed by atoms with Crippen molar-refractivity contribution in [3.63, 3.8) is 0 Å². The molecule has 2 aliphatic heterocycles. The van der Waals surface area contributed by atoms with Crippen LogP contribution in [0.15, 0.2) is 49.0 Å². The first-order chi connectivity index (χ1) is 14.3. The fourth-order valence-electron chi connectivity index (χ4n) is 4.97. The second kappa shape index (κ2) is 9.75. The Kier molecular flexibility index (Phi) is 6.86. The van der Waals surface area contributed by atoms with Crippen molar-refractivity contribution in [1.29, 1.82) is 0 Å². The van der Waals surface area contributed by atoms with Crippen molar-refractivity contribution in [3.8, 4) is 0 Å². The molecule has 0 amide bonds. The smallest absolute Gasteiger partial charge is 0.0477 e. The molecular weight excluding hydrogens is 358 g/mol. The number of fused-ring (bicyclic) bond motifs is 1. The lowest BCUT2D eigenvalue weighted by molar-refractivity contribution is 0.127. The molecule has 0 aromatic heterocycles. The lowest BCUT2D eigenvalue weighted by Crippen LogP contribution is -2.44. The number of hydrogen-bond donors (Lipinski definition) is 1. The fourth-order valence-corrected chi connectivity index (χ4v) is 4.97. The van der Waals surface area contributed by atoms with Crippen molar-refractivity contribution >= 4 is 16.5 Å². The molecule has 2 aromatic carbocycles. The number of benzene rings is 2. The van der Waals surface area contributed by atoms with Gasteiger partial charge in [0.2, 0.25) is 0 Å². The largest absolute Gasteiger partial charge is 0.385 e. The molecule has 0 aliphatic carbocycles. The van der Waals surface area contributed by atoms with Gasteiger partial charge in [-0.2, -0.15) is 0 Å². The molecule has 2 heterocycles. The number of ether oxygens (including phenoxy) is 1. The highest BCUT2D eigenvalue weighted by Crippen LogP contribution is 2.28. The van der Waals surface area contributed by atoms with Gasteiger partial charge in [-0.1, -0.05) is 49.0 Å². The van der Waals surface area contributed by atoms with Crippen molar-refractivity contribution in [3.05, 3.63) is 54.6 Å². The molecule has 4 heteroatoms. The van der Waals surface area contributed by atoms with E-state index in [1.807, 2.05) is 7.11 Å². The first-order valence-electron chi connectivity index (χ1n) is 11.1. The summed E-state index contributed by atoms with van der Waals surface area (Å²) in [6.07, 6.45) is 4.89.